The molecule has 0 spiro atoms. The Morgan fingerprint density at radius 1 is 1.00 bits per heavy atom. The van der Waals surface area contributed by atoms with Crippen LogP contribution in [0.5, 0.6) is 0 Å². The van der Waals surface area contributed by atoms with Crippen LogP contribution in [0.3, 0.4) is 0 Å². The zero-order valence-electron chi connectivity index (χ0n) is 10.4. The fourth-order valence-corrected chi connectivity index (χ4v) is 1.32. The van der Waals surface area contributed by atoms with Gasteiger partial charge in [0.05, 0.1) is 12.7 Å². The molecule has 0 aliphatic heterocycles. The lowest BCUT2D eigenvalue weighted by atomic mass is 10.2. The van der Waals surface area contributed by atoms with Gasteiger partial charge in [0.2, 0.25) is 12.2 Å². The van der Waals surface area contributed by atoms with Crippen LogP contribution in [0.15, 0.2) is 30.3 Å². The maximum atomic E-state index is 11.7. The molecule has 8 heteroatoms. The number of carboxylic acids is 2. The summed E-state index contributed by atoms with van der Waals surface area (Å²) in [6, 6.07) is 7.54. The molecule has 0 unspecified atom stereocenters. The molecule has 0 fully saturated rings. The van der Waals surface area contributed by atoms with Crippen molar-refractivity contribution < 1.29 is 39.1 Å². The summed E-state index contributed by atoms with van der Waals surface area (Å²) in [7, 11) is 1.01. The van der Waals surface area contributed by atoms with Gasteiger partial charge in [-0.1, -0.05) is 18.2 Å². The summed E-state index contributed by atoms with van der Waals surface area (Å²) >= 11 is 0. The maximum absolute atomic E-state index is 11.7. The lowest BCUT2D eigenvalue weighted by Gasteiger charge is -2.19. The molecule has 0 saturated heterocycles. The van der Waals surface area contributed by atoms with Gasteiger partial charge in [0.1, 0.15) is 0 Å². The average molecular weight is 284 g/mol. The number of aliphatic carboxylic acids is 2. The van der Waals surface area contributed by atoms with E-state index < -0.39 is 30.1 Å². The molecule has 0 saturated carbocycles. The molecule has 0 heterocycles. The molecular formula is C12H12O8. The van der Waals surface area contributed by atoms with Crippen LogP contribution in [0.25, 0.3) is 0 Å². The SMILES string of the molecule is COO[C@@H](C(=O)O)[C@@H](OC(=O)c1ccccc1)C(=O)O. The van der Waals surface area contributed by atoms with E-state index in [1.807, 2.05) is 0 Å². The average Bonchev–Trinajstić information content (AvgIpc) is 2.42. The molecule has 108 valence electrons. The number of carbonyl (C=O) groups excluding carboxylic acids is 1. The summed E-state index contributed by atoms with van der Waals surface area (Å²) in [6.07, 6.45) is -4.02. The van der Waals surface area contributed by atoms with Crippen molar-refractivity contribution in [3.63, 3.8) is 0 Å². The van der Waals surface area contributed by atoms with Gasteiger partial charge in [-0.05, 0) is 12.1 Å². The molecule has 2 N–H and O–H groups in total. The molecule has 1 rings (SSSR count). The summed E-state index contributed by atoms with van der Waals surface area (Å²) in [4.78, 5) is 42.1. The minimum atomic E-state index is -2.04. The van der Waals surface area contributed by atoms with Gasteiger partial charge in [0.15, 0.2) is 0 Å². The van der Waals surface area contributed by atoms with Gasteiger partial charge in [-0.25, -0.2) is 24.2 Å². The standard InChI is InChI=1S/C12H12O8/c1-18-20-9(11(15)16)8(10(13)14)19-12(17)7-5-3-2-4-6-7/h2-6,8-9H,1H3,(H,13,14)(H,15,16)/t8-,9-/m1/s1. The van der Waals surface area contributed by atoms with Gasteiger partial charge >= 0.3 is 17.9 Å². The fraction of sp³-hybridized carbons (Fsp3) is 0.250. The number of hydrogen-bond acceptors (Lipinski definition) is 6. The molecule has 2 atom stereocenters. The smallest absolute Gasteiger partial charge is 0.348 e. The van der Waals surface area contributed by atoms with Crippen molar-refractivity contribution in [2.24, 2.45) is 0 Å². The van der Waals surface area contributed by atoms with E-state index in [4.69, 9.17) is 10.2 Å². The Hall–Kier alpha value is -2.45. The zero-order valence-corrected chi connectivity index (χ0v) is 10.4. The molecule has 1 aromatic carbocycles. The highest BCUT2D eigenvalue weighted by Gasteiger charge is 2.39. The molecule has 0 aromatic heterocycles. The van der Waals surface area contributed by atoms with E-state index in [9.17, 15) is 14.4 Å². The number of rotatable bonds is 7. The number of hydrogen-bond donors (Lipinski definition) is 2. The van der Waals surface area contributed by atoms with Crippen molar-refractivity contribution in [2.45, 2.75) is 12.2 Å². The first-order valence-corrected chi connectivity index (χ1v) is 5.38. The van der Waals surface area contributed by atoms with Gasteiger partial charge in [0.25, 0.3) is 0 Å². The third kappa shape index (κ3) is 4.04. The Labute approximate surface area is 113 Å². The van der Waals surface area contributed by atoms with Crippen molar-refractivity contribution in [2.75, 3.05) is 7.11 Å². The highest BCUT2D eigenvalue weighted by Crippen LogP contribution is 2.10. The van der Waals surface area contributed by atoms with Gasteiger partial charge in [-0.15, -0.1) is 0 Å². The van der Waals surface area contributed by atoms with E-state index in [1.165, 1.54) is 12.1 Å². The van der Waals surface area contributed by atoms with Gasteiger partial charge in [0, 0.05) is 0 Å². The monoisotopic (exact) mass is 284 g/mol. The molecule has 0 aliphatic carbocycles. The van der Waals surface area contributed by atoms with Gasteiger partial charge in [-0.2, -0.15) is 0 Å². The number of carboxylic acid groups (broad SMARTS) is 2. The van der Waals surface area contributed by atoms with Gasteiger partial charge in [-0.3, -0.25) is 0 Å². The summed E-state index contributed by atoms with van der Waals surface area (Å²) in [5.41, 5.74) is 0.0836. The van der Waals surface area contributed by atoms with Crippen LogP contribution in [0, 0.1) is 0 Å². The van der Waals surface area contributed by atoms with E-state index in [0.29, 0.717) is 0 Å². The van der Waals surface area contributed by atoms with Crippen LogP contribution in [-0.2, 0) is 24.1 Å². The van der Waals surface area contributed by atoms with Crippen LogP contribution in [0.1, 0.15) is 10.4 Å². The van der Waals surface area contributed by atoms with E-state index >= 15 is 0 Å². The summed E-state index contributed by atoms with van der Waals surface area (Å²) < 4.78 is 4.65. The second kappa shape index (κ2) is 7.22. The Morgan fingerprint density at radius 2 is 1.55 bits per heavy atom. The normalized spacial score (nSPS) is 13.2. The summed E-state index contributed by atoms with van der Waals surface area (Å²) in [6.45, 7) is 0. The lowest BCUT2D eigenvalue weighted by molar-refractivity contribution is -0.313. The van der Waals surface area contributed by atoms with Crippen molar-refractivity contribution >= 4 is 17.9 Å². The molecular weight excluding hydrogens is 272 g/mol. The van der Waals surface area contributed by atoms with Crippen molar-refractivity contribution in [3.05, 3.63) is 35.9 Å². The maximum Gasteiger partial charge on any atom is 0.348 e. The van der Waals surface area contributed by atoms with Crippen LogP contribution in [0.2, 0.25) is 0 Å². The van der Waals surface area contributed by atoms with E-state index in [0.717, 1.165) is 7.11 Å². The predicted molar refractivity (Wildman–Crippen MR) is 62.8 cm³/mol. The lowest BCUT2D eigenvalue weighted by Crippen LogP contribution is -2.44. The topological polar surface area (TPSA) is 119 Å². The Kier molecular flexibility index (Phi) is 5.63. The summed E-state index contributed by atoms with van der Waals surface area (Å²) in [5.74, 6) is -4.29. The largest absolute Gasteiger partial charge is 0.479 e. The van der Waals surface area contributed by atoms with Gasteiger partial charge < -0.3 is 14.9 Å². The highest BCUT2D eigenvalue weighted by molar-refractivity contribution is 5.92. The van der Waals surface area contributed by atoms with Crippen LogP contribution >= 0.6 is 0 Å². The number of carbonyl (C=O) groups is 3. The number of esters is 1. The van der Waals surface area contributed by atoms with Crippen molar-refractivity contribution in [1.82, 2.24) is 0 Å². The molecule has 8 nitrogen and oxygen atoms in total. The first kappa shape index (κ1) is 15.6. The van der Waals surface area contributed by atoms with E-state index in [2.05, 4.69) is 14.5 Å². The van der Waals surface area contributed by atoms with E-state index in [-0.39, 0.29) is 5.56 Å². The molecule has 0 radical (unpaired) electrons. The fourth-order valence-electron chi connectivity index (χ4n) is 1.32. The Balaban J connectivity index is 2.89. The van der Waals surface area contributed by atoms with Crippen LogP contribution in [-0.4, -0.2) is 47.4 Å². The van der Waals surface area contributed by atoms with Crippen LogP contribution < -0.4 is 0 Å². The zero-order chi connectivity index (χ0) is 15.1. The second-order valence-corrected chi connectivity index (χ2v) is 3.55. The molecule has 0 aliphatic rings. The number of benzene rings is 1. The minimum Gasteiger partial charge on any atom is -0.479 e. The van der Waals surface area contributed by atoms with Crippen LogP contribution in [0.4, 0.5) is 0 Å². The first-order valence-electron chi connectivity index (χ1n) is 5.38. The molecule has 0 amide bonds. The van der Waals surface area contributed by atoms with Crippen molar-refractivity contribution in [3.8, 4) is 0 Å². The van der Waals surface area contributed by atoms with Crippen molar-refractivity contribution in [1.29, 1.82) is 0 Å². The van der Waals surface area contributed by atoms with E-state index in [1.54, 1.807) is 18.2 Å². The second-order valence-electron chi connectivity index (χ2n) is 3.55. The third-order valence-electron chi connectivity index (χ3n) is 2.21. The summed E-state index contributed by atoms with van der Waals surface area (Å²) in [5, 5.41) is 17.8. The molecule has 1 aromatic rings. The molecule has 0 bridgehead atoms. The Morgan fingerprint density at radius 3 is 2.00 bits per heavy atom. The highest BCUT2D eigenvalue weighted by atomic mass is 17.2. The number of ether oxygens (including phenoxy) is 1. The Bertz CT molecular complexity index is 483. The quantitative estimate of drug-likeness (QED) is 0.417. The third-order valence-corrected chi connectivity index (χ3v) is 2.21. The minimum absolute atomic E-state index is 0.0836. The molecule has 20 heavy (non-hydrogen) atoms. The first-order chi connectivity index (χ1) is 9.47. The predicted octanol–water partition coefficient (Wildman–Crippen LogP) is 0.328.